The van der Waals surface area contributed by atoms with Crippen LogP contribution in [0.5, 0.6) is 0 Å². The lowest BCUT2D eigenvalue weighted by atomic mass is 9.99. The first-order valence-corrected chi connectivity index (χ1v) is 8.64. The first kappa shape index (κ1) is 15.9. The van der Waals surface area contributed by atoms with Crippen molar-refractivity contribution >= 4 is 22.4 Å². The molecule has 1 atom stereocenters. The lowest BCUT2D eigenvalue weighted by molar-refractivity contribution is -0.121. The van der Waals surface area contributed by atoms with Gasteiger partial charge in [0.2, 0.25) is 11.0 Å². The summed E-state index contributed by atoms with van der Waals surface area (Å²) in [5.41, 5.74) is 6.90. The molecule has 1 saturated heterocycles. The van der Waals surface area contributed by atoms with Gasteiger partial charge >= 0.3 is 0 Å². The molecule has 0 radical (unpaired) electrons. The minimum atomic E-state index is 0.0659. The number of benzene rings is 1. The van der Waals surface area contributed by atoms with E-state index in [4.69, 9.17) is 5.73 Å². The molecule has 1 aromatic carbocycles. The van der Waals surface area contributed by atoms with Gasteiger partial charge in [-0.3, -0.25) is 9.69 Å². The zero-order valence-corrected chi connectivity index (χ0v) is 13.8. The molecular weight excluding hydrogens is 310 g/mol. The third kappa shape index (κ3) is 4.49. The van der Waals surface area contributed by atoms with Crippen LogP contribution in [-0.2, 0) is 11.2 Å². The quantitative estimate of drug-likeness (QED) is 0.833. The van der Waals surface area contributed by atoms with Gasteiger partial charge in [0.25, 0.3) is 0 Å². The number of nitrogens with one attached hydrogen (secondary N) is 1. The van der Waals surface area contributed by atoms with Crippen LogP contribution in [0.2, 0.25) is 0 Å². The molecule has 1 amide bonds. The summed E-state index contributed by atoms with van der Waals surface area (Å²) in [6, 6.07) is 10.5. The fraction of sp³-hybridized carbons (Fsp3) is 0.438. The number of nitrogens with zero attached hydrogens (tertiary/aromatic N) is 3. The van der Waals surface area contributed by atoms with Crippen molar-refractivity contribution in [2.75, 3.05) is 31.9 Å². The second-order valence-electron chi connectivity index (χ2n) is 5.77. The van der Waals surface area contributed by atoms with Crippen molar-refractivity contribution in [3.8, 4) is 0 Å². The number of amides is 1. The number of hydrogen-bond acceptors (Lipinski definition) is 6. The molecule has 1 aliphatic rings. The monoisotopic (exact) mass is 331 g/mol. The van der Waals surface area contributed by atoms with Crippen LogP contribution in [0.15, 0.2) is 30.3 Å². The Bertz CT molecular complexity index is 645. The van der Waals surface area contributed by atoms with Crippen LogP contribution in [0.1, 0.15) is 22.9 Å². The number of hydrogen-bond donors (Lipinski definition) is 2. The van der Waals surface area contributed by atoms with E-state index in [2.05, 4.69) is 44.7 Å². The highest BCUT2D eigenvalue weighted by Gasteiger charge is 2.24. The third-order valence-corrected chi connectivity index (χ3v) is 4.87. The molecule has 6 nitrogen and oxygen atoms in total. The van der Waals surface area contributed by atoms with E-state index in [9.17, 15) is 4.79 Å². The van der Waals surface area contributed by atoms with Crippen LogP contribution < -0.4 is 11.1 Å². The summed E-state index contributed by atoms with van der Waals surface area (Å²) in [6.45, 7) is 2.95. The highest BCUT2D eigenvalue weighted by molar-refractivity contribution is 7.15. The molecule has 1 aromatic heterocycles. The van der Waals surface area contributed by atoms with Gasteiger partial charge in [-0.05, 0) is 24.4 Å². The Labute approximate surface area is 139 Å². The first-order chi connectivity index (χ1) is 11.2. The standard InChI is InChI=1S/C16H21N5OS/c17-16-20-19-15(23-16)6-8-18-14(22)11-21-9-7-13(10-21)12-4-2-1-3-5-12/h1-5,13H,6-11H2,(H2,17,20)(H,18,22)/t13-/m1/s1. The number of nitrogen functional groups attached to an aromatic ring is 1. The minimum Gasteiger partial charge on any atom is -0.374 e. The highest BCUT2D eigenvalue weighted by Crippen LogP contribution is 2.26. The van der Waals surface area contributed by atoms with Crippen LogP contribution in [-0.4, -0.2) is 47.2 Å². The van der Waals surface area contributed by atoms with Crippen LogP contribution >= 0.6 is 11.3 Å². The first-order valence-electron chi connectivity index (χ1n) is 7.82. The van der Waals surface area contributed by atoms with E-state index in [1.165, 1.54) is 16.9 Å². The molecule has 2 heterocycles. The van der Waals surface area contributed by atoms with Gasteiger partial charge < -0.3 is 11.1 Å². The maximum Gasteiger partial charge on any atom is 0.234 e. The molecular formula is C16H21N5OS. The zero-order chi connectivity index (χ0) is 16.1. The average Bonchev–Trinajstić information content (AvgIpc) is 3.17. The summed E-state index contributed by atoms with van der Waals surface area (Å²) in [6.07, 6.45) is 1.79. The number of nitrogens with two attached hydrogens (primary N) is 1. The van der Waals surface area contributed by atoms with Crippen molar-refractivity contribution < 1.29 is 4.79 Å². The maximum atomic E-state index is 12.0. The number of carbonyl (C=O) groups is 1. The molecule has 1 fully saturated rings. The summed E-state index contributed by atoms with van der Waals surface area (Å²) in [4.78, 5) is 14.2. The van der Waals surface area contributed by atoms with E-state index in [0.29, 0.717) is 30.6 Å². The average molecular weight is 331 g/mol. The summed E-state index contributed by atoms with van der Waals surface area (Å²) in [7, 11) is 0. The molecule has 0 saturated carbocycles. The van der Waals surface area contributed by atoms with Crippen molar-refractivity contribution in [3.05, 3.63) is 40.9 Å². The second kappa shape index (κ2) is 7.52. The maximum absolute atomic E-state index is 12.0. The molecule has 1 aliphatic heterocycles. The topological polar surface area (TPSA) is 84.1 Å². The fourth-order valence-corrected chi connectivity index (χ4v) is 3.52. The van der Waals surface area contributed by atoms with E-state index in [1.54, 1.807) is 0 Å². The van der Waals surface area contributed by atoms with Crippen molar-refractivity contribution in [3.63, 3.8) is 0 Å². The lowest BCUT2D eigenvalue weighted by Crippen LogP contribution is -2.36. The van der Waals surface area contributed by atoms with Crippen LogP contribution in [0, 0.1) is 0 Å². The van der Waals surface area contributed by atoms with Crippen LogP contribution in [0.4, 0.5) is 5.13 Å². The number of anilines is 1. The van der Waals surface area contributed by atoms with Gasteiger partial charge in [0.15, 0.2) is 0 Å². The van der Waals surface area contributed by atoms with Gasteiger partial charge in [-0.1, -0.05) is 41.7 Å². The Morgan fingerprint density at radius 2 is 2.17 bits per heavy atom. The predicted octanol–water partition coefficient (Wildman–Crippen LogP) is 1.27. The van der Waals surface area contributed by atoms with Gasteiger partial charge in [-0.2, -0.15) is 0 Å². The van der Waals surface area contributed by atoms with Crippen molar-refractivity contribution in [2.45, 2.75) is 18.8 Å². The Morgan fingerprint density at radius 3 is 2.91 bits per heavy atom. The number of aromatic nitrogens is 2. The predicted molar refractivity (Wildman–Crippen MR) is 91.3 cm³/mol. The Morgan fingerprint density at radius 1 is 1.35 bits per heavy atom. The van der Waals surface area contributed by atoms with Crippen molar-refractivity contribution in [1.82, 2.24) is 20.4 Å². The summed E-state index contributed by atoms with van der Waals surface area (Å²) >= 11 is 1.36. The second-order valence-corrected chi connectivity index (χ2v) is 6.86. The molecule has 122 valence electrons. The normalized spacial score (nSPS) is 18.2. The molecule has 2 aromatic rings. The van der Waals surface area contributed by atoms with Crippen molar-refractivity contribution in [2.24, 2.45) is 0 Å². The van der Waals surface area contributed by atoms with Gasteiger partial charge in [0, 0.05) is 19.5 Å². The molecule has 0 aliphatic carbocycles. The van der Waals surface area contributed by atoms with E-state index in [1.807, 2.05) is 6.07 Å². The zero-order valence-electron chi connectivity index (χ0n) is 12.9. The molecule has 0 spiro atoms. The Balaban J connectivity index is 1.39. The number of likely N-dealkylation sites (tertiary alicyclic amines) is 1. The summed E-state index contributed by atoms with van der Waals surface area (Å²) < 4.78 is 0. The van der Waals surface area contributed by atoms with Gasteiger partial charge in [0.05, 0.1) is 6.54 Å². The largest absolute Gasteiger partial charge is 0.374 e. The van der Waals surface area contributed by atoms with Gasteiger partial charge in [-0.25, -0.2) is 0 Å². The molecule has 23 heavy (non-hydrogen) atoms. The lowest BCUT2D eigenvalue weighted by Gasteiger charge is -2.15. The molecule has 3 rings (SSSR count). The molecule has 0 unspecified atom stereocenters. The molecule has 7 heteroatoms. The summed E-state index contributed by atoms with van der Waals surface area (Å²) in [5.74, 6) is 0.601. The van der Waals surface area contributed by atoms with E-state index >= 15 is 0 Å². The molecule has 0 bridgehead atoms. The van der Waals surface area contributed by atoms with E-state index in [0.717, 1.165) is 24.5 Å². The highest BCUT2D eigenvalue weighted by atomic mass is 32.1. The van der Waals surface area contributed by atoms with E-state index in [-0.39, 0.29) is 5.91 Å². The van der Waals surface area contributed by atoms with Crippen LogP contribution in [0.25, 0.3) is 0 Å². The van der Waals surface area contributed by atoms with Gasteiger partial charge in [0.1, 0.15) is 5.01 Å². The molecule has 3 N–H and O–H groups in total. The van der Waals surface area contributed by atoms with E-state index < -0.39 is 0 Å². The Kier molecular flexibility index (Phi) is 5.19. The SMILES string of the molecule is Nc1nnc(CCNC(=O)CN2CC[C@@H](c3ccccc3)C2)s1. The number of carbonyl (C=O) groups excluding carboxylic acids is 1. The number of rotatable bonds is 6. The van der Waals surface area contributed by atoms with Crippen LogP contribution in [0.3, 0.4) is 0 Å². The smallest absolute Gasteiger partial charge is 0.234 e. The van der Waals surface area contributed by atoms with Crippen molar-refractivity contribution in [1.29, 1.82) is 0 Å². The van der Waals surface area contributed by atoms with Gasteiger partial charge in [-0.15, -0.1) is 10.2 Å². The minimum absolute atomic E-state index is 0.0659. The third-order valence-electron chi connectivity index (χ3n) is 4.05. The fourth-order valence-electron chi connectivity index (χ4n) is 2.91. The Hall–Kier alpha value is -1.99. The summed E-state index contributed by atoms with van der Waals surface area (Å²) in [5, 5.41) is 12.0.